The number of rotatable bonds is 8. The number of ether oxygens (including phenoxy) is 2. The largest absolute Gasteiger partial charge is 0.497 e. The SMILES string of the molecule is COc1ccc(-c2nnc(N(C(C)(C)O)C(C)(C)O)nc2-c2ccc(OC(C)C)cc2)cc1. The van der Waals surface area contributed by atoms with Gasteiger partial charge in [-0.25, -0.2) is 4.98 Å². The number of hydrogen-bond donors (Lipinski definition) is 2. The van der Waals surface area contributed by atoms with Crippen LogP contribution >= 0.6 is 0 Å². The van der Waals surface area contributed by atoms with E-state index in [0.29, 0.717) is 11.4 Å². The van der Waals surface area contributed by atoms with Gasteiger partial charge in [0.05, 0.1) is 13.2 Å². The summed E-state index contributed by atoms with van der Waals surface area (Å²) in [6.45, 7) is 10.2. The summed E-state index contributed by atoms with van der Waals surface area (Å²) in [5, 5.41) is 30.2. The standard InChI is InChI=1S/C25H32N4O4/c1-16(2)33-20-14-10-17(11-15-20)21-22(18-8-12-19(32-7)13-9-18)27-28-23(26-21)29(24(3,4)30)25(5,6)31/h8-16,30-31H,1-7H3. The van der Waals surface area contributed by atoms with E-state index in [0.717, 1.165) is 22.6 Å². The summed E-state index contributed by atoms with van der Waals surface area (Å²) in [5.74, 6) is 1.57. The summed E-state index contributed by atoms with van der Waals surface area (Å²) < 4.78 is 11.0. The van der Waals surface area contributed by atoms with Gasteiger partial charge in [-0.3, -0.25) is 4.90 Å². The molecule has 0 aliphatic carbocycles. The molecule has 0 saturated heterocycles. The lowest BCUT2D eigenvalue weighted by molar-refractivity contribution is -0.0221. The minimum atomic E-state index is -1.44. The Hall–Kier alpha value is -3.23. The highest BCUT2D eigenvalue weighted by Crippen LogP contribution is 2.34. The smallest absolute Gasteiger partial charge is 0.250 e. The molecule has 0 bridgehead atoms. The molecule has 0 amide bonds. The summed E-state index contributed by atoms with van der Waals surface area (Å²) in [6, 6.07) is 15.0. The third kappa shape index (κ3) is 5.77. The molecule has 3 rings (SSSR count). The molecule has 8 nitrogen and oxygen atoms in total. The van der Waals surface area contributed by atoms with Crippen molar-refractivity contribution in [1.82, 2.24) is 15.2 Å². The third-order valence-electron chi connectivity index (χ3n) is 4.83. The lowest BCUT2D eigenvalue weighted by atomic mass is 10.0. The Kier molecular flexibility index (Phi) is 6.90. The van der Waals surface area contributed by atoms with Crippen molar-refractivity contribution in [3.63, 3.8) is 0 Å². The molecule has 0 saturated carbocycles. The van der Waals surface area contributed by atoms with Crippen LogP contribution in [0.4, 0.5) is 5.95 Å². The van der Waals surface area contributed by atoms with Crippen molar-refractivity contribution in [2.75, 3.05) is 12.0 Å². The first-order valence-electron chi connectivity index (χ1n) is 10.8. The van der Waals surface area contributed by atoms with Gasteiger partial charge in [0.25, 0.3) is 0 Å². The van der Waals surface area contributed by atoms with E-state index < -0.39 is 11.4 Å². The van der Waals surface area contributed by atoms with Gasteiger partial charge in [-0.05, 0) is 90.1 Å². The zero-order valence-corrected chi connectivity index (χ0v) is 20.2. The van der Waals surface area contributed by atoms with E-state index >= 15 is 0 Å². The van der Waals surface area contributed by atoms with E-state index in [9.17, 15) is 10.2 Å². The van der Waals surface area contributed by atoms with Gasteiger partial charge in [0.15, 0.2) is 0 Å². The Balaban J connectivity index is 2.18. The van der Waals surface area contributed by atoms with Crippen molar-refractivity contribution in [2.24, 2.45) is 0 Å². The van der Waals surface area contributed by atoms with Crippen LogP contribution < -0.4 is 14.4 Å². The maximum atomic E-state index is 10.7. The molecule has 0 aliphatic rings. The van der Waals surface area contributed by atoms with E-state index in [1.807, 2.05) is 62.4 Å². The fraction of sp³-hybridized carbons (Fsp3) is 0.400. The number of aromatic nitrogens is 3. The highest BCUT2D eigenvalue weighted by atomic mass is 16.5. The van der Waals surface area contributed by atoms with E-state index in [1.165, 1.54) is 4.90 Å². The summed E-state index contributed by atoms with van der Waals surface area (Å²) in [6.07, 6.45) is 0.0603. The van der Waals surface area contributed by atoms with Crippen LogP contribution in [-0.2, 0) is 0 Å². The summed E-state index contributed by atoms with van der Waals surface area (Å²) in [5.41, 5.74) is -0.163. The van der Waals surface area contributed by atoms with Gasteiger partial charge in [0.2, 0.25) is 5.95 Å². The van der Waals surface area contributed by atoms with Crippen LogP contribution in [0.1, 0.15) is 41.5 Å². The third-order valence-corrected chi connectivity index (χ3v) is 4.83. The molecule has 0 aliphatic heterocycles. The summed E-state index contributed by atoms with van der Waals surface area (Å²) in [7, 11) is 1.61. The van der Waals surface area contributed by atoms with Crippen molar-refractivity contribution in [3.05, 3.63) is 48.5 Å². The molecule has 176 valence electrons. The number of aliphatic hydroxyl groups is 2. The Morgan fingerprint density at radius 1 is 0.758 bits per heavy atom. The Morgan fingerprint density at radius 2 is 1.24 bits per heavy atom. The predicted octanol–water partition coefficient (Wildman–Crippen LogP) is 4.26. The first-order chi connectivity index (χ1) is 15.4. The highest BCUT2D eigenvalue weighted by molar-refractivity contribution is 5.78. The second kappa shape index (κ2) is 9.33. The molecular formula is C25H32N4O4. The van der Waals surface area contributed by atoms with Crippen LogP contribution in [0.5, 0.6) is 11.5 Å². The van der Waals surface area contributed by atoms with Crippen molar-refractivity contribution in [2.45, 2.75) is 59.1 Å². The molecule has 0 radical (unpaired) electrons. The molecule has 0 fully saturated rings. The van der Waals surface area contributed by atoms with E-state index in [1.54, 1.807) is 34.8 Å². The number of nitrogens with zero attached hydrogens (tertiary/aromatic N) is 4. The molecule has 8 heteroatoms. The van der Waals surface area contributed by atoms with Crippen LogP contribution in [0.15, 0.2) is 48.5 Å². The molecule has 2 aromatic carbocycles. The van der Waals surface area contributed by atoms with Crippen molar-refractivity contribution in [1.29, 1.82) is 0 Å². The minimum absolute atomic E-state index is 0.0603. The predicted molar refractivity (Wildman–Crippen MR) is 128 cm³/mol. The Labute approximate surface area is 194 Å². The maximum Gasteiger partial charge on any atom is 0.250 e. The molecule has 33 heavy (non-hydrogen) atoms. The van der Waals surface area contributed by atoms with Crippen molar-refractivity contribution >= 4 is 5.95 Å². The van der Waals surface area contributed by atoms with Gasteiger partial charge in [0, 0.05) is 11.1 Å². The van der Waals surface area contributed by atoms with Crippen LogP contribution in [0, 0.1) is 0 Å². The molecule has 1 heterocycles. The molecule has 0 atom stereocenters. The van der Waals surface area contributed by atoms with E-state index in [-0.39, 0.29) is 12.1 Å². The quantitative estimate of drug-likeness (QED) is 0.489. The highest BCUT2D eigenvalue weighted by Gasteiger charge is 2.38. The molecule has 3 aromatic rings. The maximum absolute atomic E-state index is 10.7. The zero-order valence-electron chi connectivity index (χ0n) is 20.2. The molecular weight excluding hydrogens is 420 g/mol. The van der Waals surface area contributed by atoms with E-state index in [4.69, 9.17) is 14.5 Å². The monoisotopic (exact) mass is 452 g/mol. The van der Waals surface area contributed by atoms with Crippen LogP contribution in [0.2, 0.25) is 0 Å². The number of benzene rings is 2. The second-order valence-electron chi connectivity index (χ2n) is 9.05. The molecule has 0 unspecified atom stereocenters. The average Bonchev–Trinajstić information content (AvgIpc) is 2.72. The normalized spacial score (nSPS) is 12.1. The van der Waals surface area contributed by atoms with Gasteiger partial charge in [-0.15, -0.1) is 10.2 Å². The van der Waals surface area contributed by atoms with Crippen molar-refractivity contribution < 1.29 is 19.7 Å². The van der Waals surface area contributed by atoms with Gasteiger partial charge in [-0.1, -0.05) is 0 Å². The van der Waals surface area contributed by atoms with Gasteiger partial charge < -0.3 is 19.7 Å². The second-order valence-corrected chi connectivity index (χ2v) is 9.05. The first-order valence-corrected chi connectivity index (χ1v) is 10.8. The Morgan fingerprint density at radius 3 is 1.70 bits per heavy atom. The van der Waals surface area contributed by atoms with Gasteiger partial charge >= 0.3 is 0 Å². The summed E-state index contributed by atoms with van der Waals surface area (Å²) >= 11 is 0. The lowest BCUT2D eigenvalue weighted by Gasteiger charge is -2.42. The van der Waals surface area contributed by atoms with Crippen LogP contribution in [-0.4, -0.2) is 50.1 Å². The lowest BCUT2D eigenvalue weighted by Crippen LogP contribution is -2.56. The minimum Gasteiger partial charge on any atom is -0.497 e. The average molecular weight is 453 g/mol. The van der Waals surface area contributed by atoms with E-state index in [2.05, 4.69) is 10.2 Å². The zero-order chi connectivity index (χ0) is 24.4. The number of anilines is 1. The van der Waals surface area contributed by atoms with Crippen molar-refractivity contribution in [3.8, 4) is 34.0 Å². The number of methoxy groups -OCH3 is 1. The van der Waals surface area contributed by atoms with Crippen LogP contribution in [0.25, 0.3) is 22.5 Å². The first kappa shape index (κ1) is 24.4. The summed E-state index contributed by atoms with van der Waals surface area (Å²) in [4.78, 5) is 6.07. The fourth-order valence-electron chi connectivity index (χ4n) is 3.68. The number of hydrogen-bond acceptors (Lipinski definition) is 8. The van der Waals surface area contributed by atoms with Gasteiger partial charge in [-0.2, -0.15) is 0 Å². The fourth-order valence-corrected chi connectivity index (χ4v) is 3.68. The topological polar surface area (TPSA) is 101 Å². The van der Waals surface area contributed by atoms with Gasteiger partial charge in [0.1, 0.15) is 34.3 Å². The van der Waals surface area contributed by atoms with Crippen LogP contribution in [0.3, 0.4) is 0 Å². The molecule has 2 N–H and O–H groups in total. The molecule has 0 spiro atoms. The Bertz CT molecular complexity index is 1060. The molecule has 1 aromatic heterocycles.